The van der Waals surface area contributed by atoms with E-state index in [-0.39, 0.29) is 17.8 Å². The molecule has 6 nitrogen and oxygen atoms in total. The first-order valence-corrected chi connectivity index (χ1v) is 9.34. The van der Waals surface area contributed by atoms with Gasteiger partial charge in [-0.25, -0.2) is 9.97 Å². The number of ether oxygens (including phenoxy) is 1. The summed E-state index contributed by atoms with van der Waals surface area (Å²) in [5, 5.41) is 2.06. The molecule has 0 fully saturated rings. The van der Waals surface area contributed by atoms with Crippen molar-refractivity contribution >= 4 is 40.0 Å². The predicted molar refractivity (Wildman–Crippen MR) is 105 cm³/mol. The number of amides is 1. The first-order valence-electron chi connectivity index (χ1n) is 8.58. The Bertz CT molecular complexity index is 1050. The van der Waals surface area contributed by atoms with Crippen LogP contribution in [-0.2, 0) is 6.42 Å². The third-order valence-corrected chi connectivity index (χ3v) is 5.88. The van der Waals surface area contributed by atoms with Gasteiger partial charge in [-0.2, -0.15) is 0 Å². The van der Waals surface area contributed by atoms with Crippen LogP contribution in [0.25, 0.3) is 10.9 Å². The van der Waals surface area contributed by atoms with Gasteiger partial charge in [-0.05, 0) is 25.5 Å². The Labute approximate surface area is 166 Å². The molecule has 3 heterocycles. The van der Waals surface area contributed by atoms with E-state index in [1.807, 2.05) is 19.9 Å². The molecule has 0 saturated carbocycles. The van der Waals surface area contributed by atoms with Crippen molar-refractivity contribution in [3.63, 3.8) is 0 Å². The summed E-state index contributed by atoms with van der Waals surface area (Å²) in [6.45, 7) is 4.58. The highest BCUT2D eigenvalue weighted by atomic mass is 35.5. The van der Waals surface area contributed by atoms with E-state index in [9.17, 15) is 4.79 Å². The summed E-state index contributed by atoms with van der Waals surface area (Å²) in [5.74, 6) is 0.464. The molecule has 0 aliphatic carbocycles. The highest BCUT2D eigenvalue weighted by Gasteiger charge is 2.33. The van der Waals surface area contributed by atoms with E-state index in [4.69, 9.17) is 27.9 Å². The number of aryl methyl sites for hydroxylation is 1. The minimum absolute atomic E-state index is 0.142. The van der Waals surface area contributed by atoms with Crippen molar-refractivity contribution in [3.8, 4) is 5.75 Å². The van der Waals surface area contributed by atoms with E-state index in [2.05, 4.69) is 15.0 Å². The minimum Gasteiger partial charge on any atom is -0.494 e. The zero-order valence-electron chi connectivity index (χ0n) is 15.1. The summed E-state index contributed by atoms with van der Waals surface area (Å²) < 4.78 is 5.06. The number of hydrogen-bond acceptors (Lipinski definition) is 4. The maximum Gasteiger partial charge on any atom is 0.292 e. The van der Waals surface area contributed by atoms with E-state index in [0.29, 0.717) is 28.8 Å². The fraction of sp³-hybridized carbons (Fsp3) is 0.316. The first kappa shape index (κ1) is 18.1. The van der Waals surface area contributed by atoms with Crippen molar-refractivity contribution in [3.05, 3.63) is 51.2 Å². The number of carbonyl (C=O) groups is 1. The Morgan fingerprint density at radius 2 is 2.04 bits per heavy atom. The summed E-state index contributed by atoms with van der Waals surface area (Å²) in [6.07, 6.45) is 3.69. The topological polar surface area (TPSA) is 71.1 Å². The molecule has 4 rings (SSSR count). The Hall–Kier alpha value is -2.31. The monoisotopic (exact) mass is 404 g/mol. The molecule has 27 heavy (non-hydrogen) atoms. The molecule has 1 aromatic carbocycles. The number of nitrogens with one attached hydrogen (secondary N) is 1. The lowest BCUT2D eigenvalue weighted by Gasteiger charge is -2.33. The van der Waals surface area contributed by atoms with E-state index in [0.717, 1.165) is 27.7 Å². The minimum atomic E-state index is -0.206. The average molecular weight is 405 g/mol. The third kappa shape index (κ3) is 2.84. The smallest absolute Gasteiger partial charge is 0.292 e. The molecule has 2 aromatic heterocycles. The molecule has 1 N–H and O–H groups in total. The Morgan fingerprint density at radius 1 is 1.33 bits per heavy atom. The van der Waals surface area contributed by atoms with Crippen molar-refractivity contribution in [1.29, 1.82) is 0 Å². The van der Waals surface area contributed by atoms with Gasteiger partial charge in [0, 0.05) is 29.6 Å². The highest BCUT2D eigenvalue weighted by Crippen LogP contribution is 2.42. The molecule has 0 saturated heterocycles. The molecule has 140 valence electrons. The van der Waals surface area contributed by atoms with Gasteiger partial charge in [0.05, 0.1) is 41.1 Å². The molecule has 3 aromatic rings. The molecular formula is C19H18Cl2N4O2. The molecular weight excluding hydrogens is 387 g/mol. The number of benzene rings is 1. The summed E-state index contributed by atoms with van der Waals surface area (Å²) in [6, 6.07) is 1.72. The van der Waals surface area contributed by atoms with Crippen molar-refractivity contribution in [2.24, 2.45) is 0 Å². The number of methoxy groups -OCH3 is 1. The number of carbonyl (C=O) groups excluding carboxylic acids is 1. The van der Waals surface area contributed by atoms with Crippen molar-refractivity contribution < 1.29 is 9.53 Å². The highest BCUT2D eigenvalue weighted by molar-refractivity contribution is 6.45. The maximum atomic E-state index is 13.0. The number of H-pyrrole nitrogens is 1. The summed E-state index contributed by atoms with van der Waals surface area (Å²) in [4.78, 5) is 26.5. The molecule has 0 radical (unpaired) electrons. The molecule has 1 unspecified atom stereocenters. The second-order valence-electron chi connectivity index (χ2n) is 6.63. The fourth-order valence-corrected chi connectivity index (χ4v) is 4.22. The molecule has 0 bridgehead atoms. The second-order valence-corrected chi connectivity index (χ2v) is 7.41. The van der Waals surface area contributed by atoms with Crippen molar-refractivity contribution in [1.82, 2.24) is 19.9 Å². The van der Waals surface area contributed by atoms with Crippen LogP contribution in [0.2, 0.25) is 10.0 Å². The quantitative estimate of drug-likeness (QED) is 0.689. The molecule has 8 heteroatoms. The van der Waals surface area contributed by atoms with E-state index >= 15 is 0 Å². The van der Waals surface area contributed by atoms with Crippen molar-refractivity contribution in [2.75, 3.05) is 13.7 Å². The summed E-state index contributed by atoms with van der Waals surface area (Å²) in [7, 11) is 1.53. The van der Waals surface area contributed by atoms with Crippen LogP contribution < -0.4 is 4.74 Å². The largest absolute Gasteiger partial charge is 0.494 e. The number of fused-ring (bicyclic) bond motifs is 3. The van der Waals surface area contributed by atoms with Crippen LogP contribution in [0.3, 0.4) is 0 Å². The molecule has 0 spiro atoms. The summed E-state index contributed by atoms with van der Waals surface area (Å²) >= 11 is 12.6. The number of hydrogen-bond donors (Lipinski definition) is 1. The number of rotatable bonds is 2. The van der Waals surface area contributed by atoms with E-state index in [1.54, 1.807) is 4.90 Å². The Kier molecular flexibility index (Phi) is 4.48. The van der Waals surface area contributed by atoms with Crippen LogP contribution >= 0.6 is 23.2 Å². The van der Waals surface area contributed by atoms with Gasteiger partial charge in [-0.3, -0.25) is 4.79 Å². The SMILES string of the molecule is COc1cnc(C(=O)N2CCc3[nH]c4c(Cl)c(Cl)cc(C)c4c3C2C)nc1. The third-order valence-electron chi connectivity index (χ3n) is 5.09. The van der Waals surface area contributed by atoms with Crippen LogP contribution in [0.5, 0.6) is 5.75 Å². The Balaban J connectivity index is 1.76. The number of nitrogens with zero attached hydrogens (tertiary/aromatic N) is 3. The molecule has 1 aliphatic heterocycles. The van der Waals surface area contributed by atoms with Crippen LogP contribution in [0, 0.1) is 6.92 Å². The van der Waals surface area contributed by atoms with Gasteiger partial charge >= 0.3 is 0 Å². The predicted octanol–water partition coefficient (Wildman–Crippen LogP) is 4.34. The standard InChI is InChI=1S/C19H18Cl2N4O2/c1-9-6-12(20)16(21)17-14(9)15-10(2)25(5-4-13(15)24-17)19(26)18-22-7-11(27-3)8-23-18/h6-8,10,24H,4-5H2,1-3H3. The first-order chi connectivity index (χ1) is 12.9. The molecule has 1 aliphatic rings. The second kappa shape index (κ2) is 6.69. The van der Waals surface area contributed by atoms with Crippen LogP contribution in [0.15, 0.2) is 18.5 Å². The van der Waals surface area contributed by atoms with Gasteiger partial charge in [-0.1, -0.05) is 23.2 Å². The molecule has 1 amide bonds. The van der Waals surface area contributed by atoms with Crippen LogP contribution in [0.1, 0.15) is 40.4 Å². The summed E-state index contributed by atoms with van der Waals surface area (Å²) in [5.41, 5.74) is 4.02. The van der Waals surface area contributed by atoms with Gasteiger partial charge < -0.3 is 14.6 Å². The zero-order valence-corrected chi connectivity index (χ0v) is 16.6. The van der Waals surface area contributed by atoms with Gasteiger partial charge in [0.15, 0.2) is 5.75 Å². The average Bonchev–Trinajstić information content (AvgIpc) is 3.07. The van der Waals surface area contributed by atoms with Crippen LogP contribution in [-0.4, -0.2) is 39.4 Å². The number of aromatic nitrogens is 3. The van der Waals surface area contributed by atoms with Gasteiger partial charge in [-0.15, -0.1) is 0 Å². The zero-order chi connectivity index (χ0) is 19.3. The number of halogens is 2. The lowest BCUT2D eigenvalue weighted by molar-refractivity contribution is 0.0665. The van der Waals surface area contributed by atoms with E-state index < -0.39 is 0 Å². The normalized spacial score (nSPS) is 16.5. The van der Waals surface area contributed by atoms with E-state index in [1.165, 1.54) is 19.5 Å². The van der Waals surface area contributed by atoms with Gasteiger partial charge in [0.25, 0.3) is 5.91 Å². The lowest BCUT2D eigenvalue weighted by Crippen LogP contribution is -2.39. The van der Waals surface area contributed by atoms with Gasteiger partial charge in [0.1, 0.15) is 0 Å². The Morgan fingerprint density at radius 3 is 2.70 bits per heavy atom. The molecule has 1 atom stereocenters. The van der Waals surface area contributed by atoms with Gasteiger partial charge in [0.2, 0.25) is 5.82 Å². The fourth-order valence-electron chi connectivity index (χ4n) is 3.76. The number of aromatic amines is 1. The lowest BCUT2D eigenvalue weighted by atomic mass is 9.95. The maximum absolute atomic E-state index is 13.0. The van der Waals surface area contributed by atoms with Crippen molar-refractivity contribution in [2.45, 2.75) is 26.3 Å². The van der Waals surface area contributed by atoms with Crippen LogP contribution in [0.4, 0.5) is 0 Å².